The van der Waals surface area contributed by atoms with Crippen molar-refractivity contribution in [3.8, 4) is 5.75 Å². The van der Waals surface area contributed by atoms with Crippen LogP contribution in [-0.2, 0) is 59.2 Å². The van der Waals surface area contributed by atoms with E-state index in [1.165, 1.54) is 39.0 Å². The quantitative estimate of drug-likeness (QED) is 0.0175. The van der Waals surface area contributed by atoms with Crippen molar-refractivity contribution in [3.05, 3.63) is 29.8 Å². The second-order valence-corrected chi connectivity index (χ2v) is 25.5. The second kappa shape index (κ2) is 40.3. The first-order valence-electron chi connectivity index (χ1n) is 33.1. The number of carboxylic acids is 4. The molecular formula is C62H100N18O19. The molecule has 3 fully saturated rings. The highest BCUT2D eigenvalue weighted by atomic mass is 16.4. The largest absolute Gasteiger partial charge is 0.508 e. The van der Waals surface area contributed by atoms with Crippen molar-refractivity contribution in [2.45, 2.75) is 160 Å². The van der Waals surface area contributed by atoms with Gasteiger partial charge in [-0.25, -0.2) is 19.3 Å². The monoisotopic (exact) mass is 1400 g/mol. The average molecular weight is 1400 g/mol. The normalized spacial score (nSPS) is 18.0. The number of aromatic hydroxyl groups is 1. The Morgan fingerprint density at radius 3 is 1.68 bits per heavy atom. The Kier molecular flexibility index (Phi) is 33.3. The molecule has 37 heteroatoms. The number of phenolic OH excluding ortho intramolecular Hbond substituents is 1. The molecule has 3 saturated heterocycles. The number of benzene rings is 1. The molecule has 3 aliphatic heterocycles. The topological polar surface area (TPSA) is 575 Å². The first-order valence-corrected chi connectivity index (χ1v) is 33.1. The molecule has 0 aromatic heterocycles. The van der Waals surface area contributed by atoms with Crippen molar-refractivity contribution >= 4 is 89.3 Å². The highest BCUT2D eigenvalue weighted by molar-refractivity contribution is 5.99. The van der Waals surface area contributed by atoms with Crippen LogP contribution in [0.15, 0.2) is 29.3 Å². The maximum absolute atomic E-state index is 15.1. The van der Waals surface area contributed by atoms with Crippen LogP contribution in [0.5, 0.6) is 5.75 Å². The Morgan fingerprint density at radius 1 is 0.626 bits per heavy atom. The van der Waals surface area contributed by atoms with Gasteiger partial charge < -0.3 is 100 Å². The van der Waals surface area contributed by atoms with Crippen molar-refractivity contribution in [2.24, 2.45) is 45.7 Å². The van der Waals surface area contributed by atoms with Gasteiger partial charge in [-0.3, -0.25) is 68.1 Å². The molecule has 3 heterocycles. The third-order valence-electron chi connectivity index (χ3n) is 17.4. The van der Waals surface area contributed by atoms with Gasteiger partial charge in [0.05, 0.1) is 19.6 Å². The number of amides is 10. The lowest BCUT2D eigenvalue weighted by Crippen LogP contribution is -2.61. The molecule has 0 spiro atoms. The maximum atomic E-state index is 15.1. The van der Waals surface area contributed by atoms with Gasteiger partial charge in [0, 0.05) is 71.2 Å². The smallest absolute Gasteiger partial charge is 0.415 e. The van der Waals surface area contributed by atoms with Crippen LogP contribution in [0.1, 0.15) is 110 Å². The van der Waals surface area contributed by atoms with Crippen LogP contribution in [0.25, 0.3) is 0 Å². The van der Waals surface area contributed by atoms with Gasteiger partial charge in [-0.2, -0.15) is 0 Å². The molecule has 552 valence electrons. The number of carbonyl (C=O) groups is 13. The fourth-order valence-corrected chi connectivity index (χ4v) is 12.1. The van der Waals surface area contributed by atoms with E-state index >= 15 is 9.59 Å². The zero-order valence-electron chi connectivity index (χ0n) is 56.5. The van der Waals surface area contributed by atoms with E-state index in [4.69, 9.17) is 28.3 Å². The number of guanidine groups is 2. The van der Waals surface area contributed by atoms with Gasteiger partial charge in [-0.05, 0) is 107 Å². The number of hydrogen-bond donors (Lipinski definition) is 17. The number of aliphatic carboxylic acids is 4. The molecule has 1 unspecified atom stereocenters. The Hall–Kier alpha value is -9.65. The van der Waals surface area contributed by atoms with E-state index < -0.39 is 170 Å². The average Bonchev–Trinajstić information content (AvgIpc) is 1.37. The van der Waals surface area contributed by atoms with E-state index in [1.54, 1.807) is 27.7 Å². The molecule has 10 amide bonds. The second-order valence-electron chi connectivity index (χ2n) is 25.5. The van der Waals surface area contributed by atoms with E-state index in [0.29, 0.717) is 18.4 Å². The molecule has 21 N–H and O–H groups in total. The van der Waals surface area contributed by atoms with E-state index in [9.17, 15) is 83.4 Å². The summed E-state index contributed by atoms with van der Waals surface area (Å²) in [5.41, 5.74) is 23.4. The predicted molar refractivity (Wildman–Crippen MR) is 355 cm³/mol. The summed E-state index contributed by atoms with van der Waals surface area (Å²) in [7, 11) is 0. The zero-order valence-corrected chi connectivity index (χ0v) is 56.5. The third-order valence-corrected chi connectivity index (χ3v) is 17.4. The number of carbonyl (C=O) groups excluding carboxylic acids is 8. The van der Waals surface area contributed by atoms with Gasteiger partial charge >= 0.3 is 36.0 Å². The lowest BCUT2D eigenvalue weighted by atomic mass is 9.96. The number of phenols is 1. The van der Waals surface area contributed by atoms with Crippen LogP contribution in [-0.4, -0.2) is 283 Å². The molecule has 10 atom stereocenters. The number of rotatable bonds is 41. The summed E-state index contributed by atoms with van der Waals surface area (Å²) >= 11 is 0. The molecule has 37 nitrogen and oxygen atoms in total. The molecule has 1 aromatic carbocycles. The highest BCUT2D eigenvalue weighted by Crippen LogP contribution is 2.26. The molecule has 0 radical (unpaired) electrons. The number of imide groups is 1. The molecule has 3 aliphatic rings. The summed E-state index contributed by atoms with van der Waals surface area (Å²) < 4.78 is 0. The number of nitrogens with one attached hydrogen (secondary N) is 7. The van der Waals surface area contributed by atoms with Gasteiger partial charge in [0.1, 0.15) is 54.1 Å². The SMILES string of the molecule is CC[C@H](C)[C@H](NC(=O)[C@H](Cc1ccc(O)cc1)NC(=O)[C@@H]1CCCN1C(=O)[C@H](CCCN=C(N)N)NC(=O)[C@@H](NC(=O)[C@@H]1CCCN1C(=O)[C@@H](CCCCN)NC(=O)N(CCN(CCN(CC(=O)O)CC(=O)O)CC(=O)O)C(=O)O)C1CCN(C(=N)N)C1)C(=O)N[C@@H](CC(C)C)C(=O)O. The van der Waals surface area contributed by atoms with Crippen LogP contribution in [0.4, 0.5) is 9.59 Å². The summed E-state index contributed by atoms with van der Waals surface area (Å²) in [6.45, 7) is 3.47. The maximum Gasteiger partial charge on any atom is 0.415 e. The summed E-state index contributed by atoms with van der Waals surface area (Å²) in [6, 6.07) is -6.42. The number of carboxylic acid groups (broad SMARTS) is 5. The molecule has 0 aliphatic carbocycles. The lowest BCUT2D eigenvalue weighted by Gasteiger charge is -2.33. The van der Waals surface area contributed by atoms with Crippen LogP contribution < -0.4 is 54.8 Å². The minimum absolute atomic E-state index is 0.00712. The Balaban J connectivity index is 1.64. The van der Waals surface area contributed by atoms with Crippen LogP contribution in [0.2, 0.25) is 0 Å². The molecule has 0 saturated carbocycles. The molecule has 1 aromatic rings. The van der Waals surface area contributed by atoms with Crippen LogP contribution in [0.3, 0.4) is 0 Å². The van der Waals surface area contributed by atoms with E-state index in [-0.39, 0.29) is 151 Å². The lowest BCUT2D eigenvalue weighted by molar-refractivity contribution is -0.144. The fourth-order valence-electron chi connectivity index (χ4n) is 12.1. The first kappa shape index (κ1) is 81.8. The number of nitrogens with two attached hydrogens (primary N) is 4. The van der Waals surface area contributed by atoms with E-state index in [0.717, 1.165) is 9.80 Å². The fraction of sp³-hybridized carbons (Fsp3) is 0.661. The summed E-state index contributed by atoms with van der Waals surface area (Å²) in [6.07, 6.45) is -0.271. The minimum Gasteiger partial charge on any atom is -0.508 e. The summed E-state index contributed by atoms with van der Waals surface area (Å²) in [5, 5.41) is 82.6. The Morgan fingerprint density at radius 2 is 1.16 bits per heavy atom. The Bertz CT molecular complexity index is 3010. The van der Waals surface area contributed by atoms with Crippen LogP contribution >= 0.6 is 0 Å². The van der Waals surface area contributed by atoms with Gasteiger partial charge in [0.25, 0.3) is 0 Å². The summed E-state index contributed by atoms with van der Waals surface area (Å²) in [5.74, 6) is -13.2. The van der Waals surface area contributed by atoms with Gasteiger partial charge in [0.2, 0.25) is 41.4 Å². The van der Waals surface area contributed by atoms with Gasteiger partial charge in [0.15, 0.2) is 11.9 Å². The van der Waals surface area contributed by atoms with E-state index in [1.807, 2.05) is 0 Å². The van der Waals surface area contributed by atoms with Crippen molar-refractivity contribution < 1.29 is 93.0 Å². The highest BCUT2D eigenvalue weighted by Gasteiger charge is 2.45. The molecular weight excluding hydrogens is 1300 g/mol. The number of likely N-dealkylation sites (tertiary alicyclic amines) is 3. The van der Waals surface area contributed by atoms with Gasteiger partial charge in [-0.15, -0.1) is 0 Å². The first-order chi connectivity index (χ1) is 46.7. The predicted octanol–water partition coefficient (Wildman–Crippen LogP) is -3.17. The third kappa shape index (κ3) is 26.6. The molecule has 99 heavy (non-hydrogen) atoms. The Labute approximate surface area is 573 Å². The number of nitrogens with zero attached hydrogens (tertiary/aromatic N) is 7. The van der Waals surface area contributed by atoms with Gasteiger partial charge in [-0.1, -0.05) is 46.2 Å². The van der Waals surface area contributed by atoms with Crippen molar-refractivity contribution in [1.29, 1.82) is 5.41 Å². The molecule has 0 bridgehead atoms. The van der Waals surface area contributed by atoms with Crippen molar-refractivity contribution in [1.82, 2.24) is 61.3 Å². The van der Waals surface area contributed by atoms with E-state index in [2.05, 4.69) is 36.9 Å². The number of aliphatic imine (C=N–C) groups is 1. The number of hydrogen-bond acceptors (Lipinski definition) is 19. The summed E-state index contributed by atoms with van der Waals surface area (Å²) in [4.78, 5) is 186. The van der Waals surface area contributed by atoms with Crippen molar-refractivity contribution in [2.75, 3.05) is 85.1 Å². The number of unbranched alkanes of at least 4 members (excludes halogenated alkanes) is 1. The molecule has 4 rings (SSSR count). The standard InChI is InChI=1S/C62H100N18O19/c1-5-36(4)49(54(91)71-43(58(95)96)29-35(2)3)73-51(88)42(30-37-15-17-39(81)18-16-37)70-52(89)44-13-9-22-78(44)56(93)40(12-8-21-68-59(64)65)69-55(92)50(38-19-24-77(31-38)60(66)67)74-53(90)45-14-10-23-79(45)57(94)41(11-6-7-20-63)72-61(97)80(62(98)99)28-27-75(32-46(82)83)25-26-76(33-47(84)85)34-48(86)87/h15-18,35-36,38,40-45,49-50,81H,5-14,19-34,63H2,1-4H3,(H3,66,67)(H,69,92)(H,70,89)(H,71,91)(H,72,97)(H,73,88)(H,74,90)(H,82,83)(H,84,85)(H,86,87)(H,95,96)(H,98,99)(H4,64,65,68)/t36-,38?,40-,41+,42-,43-,44-,45-,49-,50-/m0/s1. The van der Waals surface area contributed by atoms with Crippen molar-refractivity contribution in [3.63, 3.8) is 0 Å². The number of urea groups is 1. The minimum atomic E-state index is -1.81. The zero-order chi connectivity index (χ0) is 73.8. The van der Waals surface area contributed by atoms with Crippen LogP contribution in [0, 0.1) is 23.2 Å².